The number of fused-ring (bicyclic) bond motifs is 1. The van der Waals surface area contributed by atoms with Crippen LogP contribution in [-0.4, -0.2) is 17.6 Å². The van der Waals surface area contributed by atoms with Crippen LogP contribution in [0.1, 0.15) is 43.0 Å². The van der Waals surface area contributed by atoms with Crippen molar-refractivity contribution in [1.82, 2.24) is 10.3 Å². The fourth-order valence-electron chi connectivity index (χ4n) is 4.20. The maximum Gasteiger partial charge on any atom is 0.404 e. The van der Waals surface area contributed by atoms with Crippen LogP contribution in [0, 0.1) is 0 Å². The van der Waals surface area contributed by atoms with E-state index >= 15 is 0 Å². The fourth-order valence-corrected chi connectivity index (χ4v) is 4.41. The molecule has 1 saturated carbocycles. The molecule has 8 heteroatoms. The third kappa shape index (κ3) is 5.41. The van der Waals surface area contributed by atoms with Crippen molar-refractivity contribution in [3.05, 3.63) is 87.7 Å². The first-order chi connectivity index (χ1) is 16.9. The highest BCUT2D eigenvalue weighted by Gasteiger charge is 2.37. The summed E-state index contributed by atoms with van der Waals surface area (Å²) in [5, 5.41) is 3.80. The molecule has 1 aromatic heterocycles. The molecule has 2 aromatic carbocycles. The Balaban J connectivity index is 1.27. The first kappa shape index (κ1) is 23.6. The van der Waals surface area contributed by atoms with E-state index in [1.54, 1.807) is 18.2 Å². The summed E-state index contributed by atoms with van der Waals surface area (Å²) < 4.78 is 36.7. The van der Waals surface area contributed by atoms with Crippen LogP contribution in [0.4, 0.5) is 8.92 Å². The molecular formula is C27H25ClF2N2O3. The van der Waals surface area contributed by atoms with Crippen LogP contribution < -0.4 is 14.8 Å². The molecule has 0 bridgehead atoms. The number of alkyl halides is 1. The summed E-state index contributed by atoms with van der Waals surface area (Å²) >= 11 is 6.43. The van der Waals surface area contributed by atoms with Gasteiger partial charge in [0.25, 0.3) is 0 Å². The Bertz CT molecular complexity index is 1260. The molecule has 1 aliphatic heterocycles. The van der Waals surface area contributed by atoms with Gasteiger partial charge in [0.05, 0.1) is 10.7 Å². The molecule has 0 saturated heterocycles. The molecule has 5 nitrogen and oxygen atoms in total. The zero-order chi connectivity index (χ0) is 24.4. The molecule has 182 valence electrons. The van der Waals surface area contributed by atoms with E-state index in [-0.39, 0.29) is 6.61 Å². The topological polar surface area (TPSA) is 52.6 Å². The quantitative estimate of drug-likeness (QED) is 0.368. The summed E-state index contributed by atoms with van der Waals surface area (Å²) in [6, 6.07) is 14.8. The first-order valence-electron chi connectivity index (χ1n) is 11.5. The van der Waals surface area contributed by atoms with Crippen LogP contribution >= 0.6 is 11.6 Å². The lowest BCUT2D eigenvalue weighted by molar-refractivity contribution is -0.173. The second-order valence-electron chi connectivity index (χ2n) is 8.87. The van der Waals surface area contributed by atoms with Crippen molar-refractivity contribution in [3.63, 3.8) is 0 Å². The van der Waals surface area contributed by atoms with Gasteiger partial charge in [0.2, 0.25) is 0 Å². The lowest BCUT2D eigenvalue weighted by atomic mass is 9.90. The number of halogens is 3. The molecule has 2 heterocycles. The minimum Gasteiger partial charge on any atom is -0.423 e. The standard InChI is InChI=1S/C27H25ClF2N2O3/c1-27(29)34-24-12-9-20(14-25(24)35-27)26-22(28)11-10-21(32-26)13-17-5-7-18(8-6-17)15-31-23(16-33-30)19-3-2-4-19/h5-12,14,31H,2-4,13,15-16H2,1H3. The highest BCUT2D eigenvalue weighted by Crippen LogP contribution is 2.42. The molecule has 1 atom stereocenters. The van der Waals surface area contributed by atoms with Gasteiger partial charge >= 0.3 is 6.04 Å². The van der Waals surface area contributed by atoms with Crippen LogP contribution in [0.3, 0.4) is 0 Å². The summed E-state index contributed by atoms with van der Waals surface area (Å²) in [5.74, 6) is 0.656. The van der Waals surface area contributed by atoms with Gasteiger partial charge in [-0.25, -0.2) is 0 Å². The second kappa shape index (κ2) is 9.84. The van der Waals surface area contributed by atoms with Crippen LogP contribution in [0.2, 0.25) is 5.02 Å². The van der Waals surface area contributed by atoms with Gasteiger partial charge in [-0.3, -0.25) is 4.98 Å². The smallest absolute Gasteiger partial charge is 0.404 e. The van der Waals surface area contributed by atoms with E-state index in [2.05, 4.69) is 22.4 Å². The van der Waals surface area contributed by atoms with Gasteiger partial charge < -0.3 is 14.8 Å². The third-order valence-electron chi connectivity index (χ3n) is 6.20. The molecule has 3 aromatic rings. The minimum atomic E-state index is -2.18. The van der Waals surface area contributed by atoms with Crippen LogP contribution in [0.15, 0.2) is 65.9 Å². The molecule has 0 spiro atoms. The molecule has 1 unspecified atom stereocenters. The SMILES string of the molecule is CC1(F)Oc2ccc(-c3nc(Cc4ccc(CNC(COF)=C5CCC5)cc4)ccc3Cl)cc2O1. The number of nitrogens with one attached hydrogen (secondary N) is 1. The highest BCUT2D eigenvalue weighted by atomic mass is 35.5. The number of nitrogens with zero attached hydrogens (tertiary/aromatic N) is 1. The Morgan fingerprint density at radius 2 is 1.80 bits per heavy atom. The Hall–Kier alpha value is -3.16. The molecule has 0 radical (unpaired) electrons. The predicted octanol–water partition coefficient (Wildman–Crippen LogP) is 6.84. The second-order valence-corrected chi connectivity index (χ2v) is 9.28. The van der Waals surface area contributed by atoms with Gasteiger partial charge in [0, 0.05) is 36.8 Å². The van der Waals surface area contributed by atoms with E-state index in [0.717, 1.165) is 41.8 Å². The Kier molecular flexibility index (Phi) is 6.62. The van der Waals surface area contributed by atoms with E-state index in [1.165, 1.54) is 12.5 Å². The highest BCUT2D eigenvalue weighted by molar-refractivity contribution is 6.33. The van der Waals surface area contributed by atoms with Gasteiger partial charge in [0.15, 0.2) is 11.5 Å². The van der Waals surface area contributed by atoms with E-state index in [4.69, 9.17) is 26.1 Å². The number of ether oxygens (including phenoxy) is 2. The lowest BCUT2D eigenvalue weighted by Gasteiger charge is -2.22. The number of rotatable bonds is 8. The minimum absolute atomic E-state index is 0.0333. The van der Waals surface area contributed by atoms with E-state index < -0.39 is 6.04 Å². The molecule has 5 rings (SSSR count). The van der Waals surface area contributed by atoms with E-state index in [0.29, 0.717) is 40.7 Å². The number of hydrogen-bond donors (Lipinski definition) is 1. The van der Waals surface area contributed by atoms with Crippen LogP contribution in [-0.2, 0) is 17.9 Å². The van der Waals surface area contributed by atoms with Crippen molar-refractivity contribution in [2.24, 2.45) is 0 Å². The van der Waals surface area contributed by atoms with Crippen LogP contribution in [0.5, 0.6) is 11.5 Å². The fraction of sp³-hybridized carbons (Fsp3) is 0.296. The molecule has 2 aliphatic rings. The van der Waals surface area contributed by atoms with Gasteiger partial charge in [-0.1, -0.05) is 35.9 Å². The predicted molar refractivity (Wildman–Crippen MR) is 129 cm³/mol. The van der Waals surface area contributed by atoms with Gasteiger partial charge in [-0.15, -0.1) is 0 Å². The summed E-state index contributed by atoms with van der Waals surface area (Å²) in [6.07, 6.45) is 3.77. The van der Waals surface area contributed by atoms with Crippen molar-refractivity contribution in [2.75, 3.05) is 6.61 Å². The zero-order valence-electron chi connectivity index (χ0n) is 19.2. The molecule has 1 N–H and O–H groups in total. The maximum atomic E-state index is 14.0. The lowest BCUT2D eigenvalue weighted by Crippen LogP contribution is -2.27. The van der Waals surface area contributed by atoms with Crippen molar-refractivity contribution in [3.8, 4) is 22.8 Å². The largest absolute Gasteiger partial charge is 0.423 e. The normalized spacial score (nSPS) is 18.3. The summed E-state index contributed by atoms with van der Waals surface area (Å²) in [4.78, 5) is 8.60. The van der Waals surface area contributed by atoms with Gasteiger partial charge in [-0.2, -0.15) is 9.33 Å². The summed E-state index contributed by atoms with van der Waals surface area (Å²) in [6.45, 7) is 1.78. The van der Waals surface area contributed by atoms with Crippen molar-refractivity contribution in [2.45, 2.75) is 45.2 Å². The van der Waals surface area contributed by atoms with E-state index in [1.807, 2.05) is 24.3 Å². The average molecular weight is 499 g/mol. The molecular weight excluding hydrogens is 474 g/mol. The van der Waals surface area contributed by atoms with Crippen molar-refractivity contribution in [1.29, 1.82) is 0 Å². The molecule has 1 fully saturated rings. The van der Waals surface area contributed by atoms with Gasteiger partial charge in [-0.05, 0) is 70.8 Å². The average Bonchev–Trinajstić information content (AvgIpc) is 3.11. The molecule has 1 aliphatic carbocycles. The maximum absolute atomic E-state index is 14.0. The summed E-state index contributed by atoms with van der Waals surface area (Å²) in [5.41, 5.74) is 6.43. The van der Waals surface area contributed by atoms with E-state index in [9.17, 15) is 8.92 Å². The molecule has 0 amide bonds. The van der Waals surface area contributed by atoms with Gasteiger partial charge in [0.1, 0.15) is 6.61 Å². The first-order valence-corrected chi connectivity index (χ1v) is 11.9. The monoisotopic (exact) mass is 498 g/mol. The number of benzene rings is 2. The number of allylic oxidation sites excluding steroid dienone is 1. The third-order valence-corrected chi connectivity index (χ3v) is 6.51. The van der Waals surface area contributed by atoms with Crippen LogP contribution in [0.25, 0.3) is 11.3 Å². The Morgan fingerprint density at radius 3 is 2.51 bits per heavy atom. The van der Waals surface area contributed by atoms with Crippen molar-refractivity contribution >= 4 is 11.6 Å². The zero-order valence-corrected chi connectivity index (χ0v) is 20.0. The van der Waals surface area contributed by atoms with Crippen molar-refractivity contribution < 1.29 is 23.3 Å². The molecule has 35 heavy (non-hydrogen) atoms. The number of hydrogen-bond acceptors (Lipinski definition) is 5. The Morgan fingerprint density at radius 1 is 1.06 bits per heavy atom. The number of pyridine rings is 1. The summed E-state index contributed by atoms with van der Waals surface area (Å²) in [7, 11) is 0. The number of aromatic nitrogens is 1. The Labute approximate surface area is 207 Å².